The first kappa shape index (κ1) is 22.3. The van der Waals surface area contributed by atoms with Crippen molar-refractivity contribution in [2.75, 3.05) is 10.6 Å². The van der Waals surface area contributed by atoms with E-state index in [4.69, 9.17) is 0 Å². The maximum absolute atomic E-state index is 13.4. The minimum atomic E-state index is -4.79. The Balaban J connectivity index is 1.69. The van der Waals surface area contributed by atoms with E-state index in [9.17, 15) is 17.6 Å². The molecular formula is C22H19BrF4N4O. The number of rotatable bonds is 6. The second-order valence-electron chi connectivity index (χ2n) is 7.41. The fourth-order valence-electron chi connectivity index (χ4n) is 3.56. The molecule has 0 aliphatic heterocycles. The first-order valence-corrected chi connectivity index (χ1v) is 10.8. The van der Waals surface area contributed by atoms with Crippen LogP contribution in [0.2, 0.25) is 0 Å². The zero-order chi connectivity index (χ0) is 22.7. The van der Waals surface area contributed by atoms with Crippen LogP contribution in [0, 0.1) is 5.82 Å². The molecule has 0 radical (unpaired) electrons. The van der Waals surface area contributed by atoms with Gasteiger partial charge in [-0.3, -0.25) is 0 Å². The van der Waals surface area contributed by atoms with Crippen molar-refractivity contribution in [3.05, 3.63) is 58.8 Å². The van der Waals surface area contributed by atoms with Gasteiger partial charge in [0.15, 0.2) is 0 Å². The SMILES string of the molecule is Fc1ccc(Nc2cc(-c3cccc(OC(F)(F)F)c3)nc(NC3CCCC3)n2)c(Br)c1. The van der Waals surface area contributed by atoms with E-state index in [1.165, 1.54) is 30.3 Å². The number of nitrogens with zero attached hydrogens (tertiary/aromatic N) is 2. The Bertz CT molecular complexity index is 1100. The molecule has 2 N–H and O–H groups in total. The summed E-state index contributed by atoms with van der Waals surface area (Å²) in [5.74, 6) is 0.0350. The summed E-state index contributed by atoms with van der Waals surface area (Å²) in [6.07, 6.45) is -0.575. The molecule has 1 aromatic heterocycles. The second-order valence-corrected chi connectivity index (χ2v) is 8.27. The Labute approximate surface area is 190 Å². The van der Waals surface area contributed by atoms with Gasteiger partial charge in [-0.25, -0.2) is 9.37 Å². The molecule has 0 unspecified atom stereocenters. The topological polar surface area (TPSA) is 59.1 Å². The van der Waals surface area contributed by atoms with E-state index in [1.54, 1.807) is 18.2 Å². The normalized spacial score (nSPS) is 14.4. The van der Waals surface area contributed by atoms with Crippen molar-refractivity contribution in [1.29, 1.82) is 0 Å². The van der Waals surface area contributed by atoms with Gasteiger partial charge in [0.05, 0.1) is 11.4 Å². The number of hydrogen-bond acceptors (Lipinski definition) is 5. The molecule has 168 valence electrons. The monoisotopic (exact) mass is 510 g/mol. The molecule has 3 aromatic rings. The minimum absolute atomic E-state index is 0.232. The summed E-state index contributed by atoms with van der Waals surface area (Å²) in [4.78, 5) is 9.02. The molecule has 1 heterocycles. The Kier molecular flexibility index (Phi) is 6.50. The van der Waals surface area contributed by atoms with Crippen molar-refractivity contribution in [3.63, 3.8) is 0 Å². The lowest BCUT2D eigenvalue weighted by molar-refractivity contribution is -0.274. The lowest BCUT2D eigenvalue weighted by atomic mass is 10.1. The van der Waals surface area contributed by atoms with Gasteiger partial charge in [-0.15, -0.1) is 13.2 Å². The van der Waals surface area contributed by atoms with Gasteiger partial charge in [-0.2, -0.15) is 4.98 Å². The van der Waals surface area contributed by atoms with Crippen LogP contribution in [0.4, 0.5) is 35.0 Å². The van der Waals surface area contributed by atoms with Gasteiger partial charge in [-0.05, 0) is 59.1 Å². The van der Waals surface area contributed by atoms with E-state index < -0.39 is 12.2 Å². The van der Waals surface area contributed by atoms with E-state index in [2.05, 4.69) is 41.3 Å². The third kappa shape index (κ3) is 5.87. The average molecular weight is 511 g/mol. The Hall–Kier alpha value is -2.88. The van der Waals surface area contributed by atoms with Crippen LogP contribution in [0.3, 0.4) is 0 Å². The van der Waals surface area contributed by atoms with Gasteiger partial charge in [0.25, 0.3) is 0 Å². The van der Waals surface area contributed by atoms with Crippen LogP contribution in [0.5, 0.6) is 5.75 Å². The lowest BCUT2D eigenvalue weighted by Crippen LogP contribution is -2.17. The molecule has 1 fully saturated rings. The summed E-state index contributed by atoms with van der Waals surface area (Å²) in [5.41, 5.74) is 1.43. The molecule has 1 aliphatic rings. The molecule has 0 atom stereocenters. The summed E-state index contributed by atoms with van der Waals surface area (Å²) < 4.78 is 55.9. The van der Waals surface area contributed by atoms with Gasteiger partial charge < -0.3 is 15.4 Å². The first-order chi connectivity index (χ1) is 15.2. The molecule has 0 amide bonds. The predicted molar refractivity (Wildman–Crippen MR) is 117 cm³/mol. The molecule has 0 saturated heterocycles. The zero-order valence-electron chi connectivity index (χ0n) is 16.7. The van der Waals surface area contributed by atoms with Gasteiger partial charge in [0.1, 0.15) is 17.4 Å². The number of alkyl halides is 3. The van der Waals surface area contributed by atoms with E-state index in [0.29, 0.717) is 33.2 Å². The predicted octanol–water partition coefficient (Wildman–Crippen LogP) is 7.04. The summed E-state index contributed by atoms with van der Waals surface area (Å²) in [7, 11) is 0. The van der Waals surface area contributed by atoms with Crippen LogP contribution < -0.4 is 15.4 Å². The van der Waals surface area contributed by atoms with Gasteiger partial charge >= 0.3 is 6.36 Å². The number of halogens is 5. The summed E-state index contributed by atoms with van der Waals surface area (Å²) in [6, 6.07) is 11.6. The number of benzene rings is 2. The van der Waals surface area contributed by atoms with Crippen molar-refractivity contribution in [3.8, 4) is 17.0 Å². The van der Waals surface area contributed by atoms with E-state index in [-0.39, 0.29) is 11.8 Å². The van der Waals surface area contributed by atoms with Crippen LogP contribution in [0.1, 0.15) is 25.7 Å². The highest BCUT2D eigenvalue weighted by molar-refractivity contribution is 9.10. The summed E-state index contributed by atoms with van der Waals surface area (Å²) in [6.45, 7) is 0. The second kappa shape index (κ2) is 9.32. The largest absolute Gasteiger partial charge is 0.573 e. The minimum Gasteiger partial charge on any atom is -0.406 e. The van der Waals surface area contributed by atoms with Crippen LogP contribution in [-0.2, 0) is 0 Å². The summed E-state index contributed by atoms with van der Waals surface area (Å²) >= 11 is 3.31. The molecular weight excluding hydrogens is 492 g/mol. The smallest absolute Gasteiger partial charge is 0.406 e. The van der Waals surface area contributed by atoms with Crippen LogP contribution in [0.15, 0.2) is 53.0 Å². The molecule has 1 saturated carbocycles. The molecule has 1 aliphatic carbocycles. The number of anilines is 3. The van der Waals surface area contributed by atoms with E-state index in [1.807, 2.05) is 0 Å². The van der Waals surface area contributed by atoms with E-state index >= 15 is 0 Å². The van der Waals surface area contributed by atoms with Gasteiger partial charge in [0.2, 0.25) is 5.95 Å². The van der Waals surface area contributed by atoms with E-state index in [0.717, 1.165) is 25.7 Å². The maximum Gasteiger partial charge on any atom is 0.573 e. The van der Waals surface area contributed by atoms with Crippen molar-refractivity contribution in [2.24, 2.45) is 0 Å². The third-order valence-corrected chi connectivity index (χ3v) is 5.63. The molecule has 5 nitrogen and oxygen atoms in total. The first-order valence-electron chi connectivity index (χ1n) is 9.99. The highest BCUT2D eigenvalue weighted by atomic mass is 79.9. The standard InChI is InChI=1S/C22H19BrF4N4O/c23-17-11-14(24)8-9-18(17)29-20-12-19(30-21(31-20)28-15-5-1-2-6-15)13-4-3-7-16(10-13)32-22(25,26)27/h3-4,7-12,15H,1-2,5-6H2,(H2,28,29,30,31). The molecule has 2 aromatic carbocycles. The highest BCUT2D eigenvalue weighted by Gasteiger charge is 2.31. The number of ether oxygens (including phenoxy) is 1. The molecule has 0 bridgehead atoms. The fraction of sp³-hybridized carbons (Fsp3) is 0.273. The third-order valence-electron chi connectivity index (χ3n) is 4.97. The number of aromatic nitrogens is 2. The van der Waals surface area contributed by atoms with Crippen LogP contribution in [-0.4, -0.2) is 22.4 Å². The molecule has 4 rings (SSSR count). The molecule has 0 spiro atoms. The number of nitrogens with one attached hydrogen (secondary N) is 2. The van der Waals surface area contributed by atoms with Crippen molar-refractivity contribution < 1.29 is 22.3 Å². The molecule has 10 heteroatoms. The Morgan fingerprint density at radius 3 is 2.50 bits per heavy atom. The van der Waals surface area contributed by atoms with Gasteiger partial charge in [0, 0.05) is 22.1 Å². The van der Waals surface area contributed by atoms with Gasteiger partial charge in [-0.1, -0.05) is 25.0 Å². The number of hydrogen-bond donors (Lipinski definition) is 2. The quantitative estimate of drug-likeness (QED) is 0.348. The fourth-order valence-corrected chi connectivity index (χ4v) is 4.01. The summed E-state index contributed by atoms with van der Waals surface area (Å²) in [5, 5.41) is 6.42. The Morgan fingerprint density at radius 2 is 1.78 bits per heavy atom. The van der Waals surface area contributed by atoms with Crippen LogP contribution >= 0.6 is 15.9 Å². The zero-order valence-corrected chi connectivity index (χ0v) is 18.3. The van der Waals surface area contributed by atoms with Crippen molar-refractivity contribution in [2.45, 2.75) is 38.1 Å². The highest BCUT2D eigenvalue weighted by Crippen LogP contribution is 2.31. The Morgan fingerprint density at radius 1 is 1.00 bits per heavy atom. The maximum atomic E-state index is 13.4. The van der Waals surface area contributed by atoms with Crippen molar-refractivity contribution in [1.82, 2.24) is 9.97 Å². The lowest BCUT2D eigenvalue weighted by Gasteiger charge is -2.16. The molecule has 32 heavy (non-hydrogen) atoms. The van der Waals surface area contributed by atoms with Crippen LogP contribution in [0.25, 0.3) is 11.3 Å². The van der Waals surface area contributed by atoms with Crippen molar-refractivity contribution >= 4 is 33.4 Å². The average Bonchev–Trinajstić information content (AvgIpc) is 3.22.